The Labute approximate surface area is 159 Å². The van der Waals surface area contributed by atoms with Crippen LogP contribution in [-0.4, -0.2) is 67.0 Å². The second-order valence-electron chi connectivity index (χ2n) is 7.63. The van der Waals surface area contributed by atoms with Gasteiger partial charge in [0.15, 0.2) is 17.5 Å². The maximum atomic E-state index is 12.1. The molecule has 1 amide bonds. The van der Waals surface area contributed by atoms with Crippen LogP contribution in [0, 0.1) is 0 Å². The summed E-state index contributed by atoms with van der Waals surface area (Å²) in [6.45, 7) is 8.93. The van der Waals surface area contributed by atoms with Gasteiger partial charge < -0.3 is 29.7 Å². The van der Waals surface area contributed by atoms with Crippen molar-refractivity contribution >= 4 is 12.1 Å². The number of hydrogen-bond donors (Lipinski definition) is 1. The first kappa shape index (κ1) is 19.1. The molecule has 8 nitrogen and oxygen atoms in total. The molecule has 0 aromatic heterocycles. The number of guanidine groups is 1. The topological polar surface area (TPSA) is 89.6 Å². The van der Waals surface area contributed by atoms with Crippen LogP contribution in [0.3, 0.4) is 0 Å². The smallest absolute Gasteiger partial charge is 0.410 e. The number of benzene rings is 1. The minimum absolute atomic E-state index is 0.277. The molecule has 2 aliphatic heterocycles. The van der Waals surface area contributed by atoms with Crippen molar-refractivity contribution in [3.8, 4) is 11.5 Å². The van der Waals surface area contributed by atoms with Crippen LogP contribution in [0.1, 0.15) is 26.3 Å². The Kier molecular flexibility index (Phi) is 5.62. The predicted molar refractivity (Wildman–Crippen MR) is 102 cm³/mol. The van der Waals surface area contributed by atoms with E-state index >= 15 is 0 Å². The highest BCUT2D eigenvalue weighted by Gasteiger charge is 2.26. The van der Waals surface area contributed by atoms with Crippen LogP contribution >= 0.6 is 0 Å². The maximum absolute atomic E-state index is 12.1. The monoisotopic (exact) mass is 376 g/mol. The number of fused-ring (bicyclic) bond motifs is 1. The molecule has 8 heteroatoms. The number of nitrogens with two attached hydrogens (primary N) is 1. The number of hydrogen-bond acceptors (Lipinski definition) is 5. The van der Waals surface area contributed by atoms with Crippen LogP contribution in [0.4, 0.5) is 4.79 Å². The molecule has 0 spiro atoms. The Hall–Kier alpha value is -2.64. The summed E-state index contributed by atoms with van der Waals surface area (Å²) in [5.41, 5.74) is 6.77. The van der Waals surface area contributed by atoms with Crippen LogP contribution in [0.5, 0.6) is 11.5 Å². The number of amides is 1. The van der Waals surface area contributed by atoms with E-state index < -0.39 is 5.60 Å². The number of piperazine rings is 1. The zero-order valence-electron chi connectivity index (χ0n) is 16.2. The molecule has 0 atom stereocenters. The van der Waals surface area contributed by atoms with E-state index in [1.54, 1.807) is 4.90 Å². The number of rotatable bonds is 3. The van der Waals surface area contributed by atoms with E-state index in [-0.39, 0.29) is 12.9 Å². The molecule has 0 bridgehead atoms. The lowest BCUT2D eigenvalue weighted by Gasteiger charge is -2.36. The SMILES string of the molecule is CC(C)(C)OC(=O)N1CCN(C(N)=NCCc2ccc3c(c2)OCO3)CC1. The predicted octanol–water partition coefficient (Wildman–Crippen LogP) is 1.83. The average molecular weight is 376 g/mol. The first-order valence-corrected chi connectivity index (χ1v) is 9.23. The van der Waals surface area contributed by atoms with E-state index in [1.807, 2.05) is 43.9 Å². The van der Waals surface area contributed by atoms with Gasteiger partial charge in [0, 0.05) is 32.7 Å². The van der Waals surface area contributed by atoms with E-state index in [1.165, 1.54) is 0 Å². The Morgan fingerprint density at radius 1 is 1.15 bits per heavy atom. The molecule has 0 radical (unpaired) electrons. The van der Waals surface area contributed by atoms with Crippen LogP contribution < -0.4 is 15.2 Å². The van der Waals surface area contributed by atoms with Gasteiger partial charge in [-0.3, -0.25) is 4.99 Å². The molecule has 148 valence electrons. The highest BCUT2D eigenvalue weighted by molar-refractivity contribution is 5.78. The van der Waals surface area contributed by atoms with Gasteiger partial charge >= 0.3 is 6.09 Å². The lowest BCUT2D eigenvalue weighted by atomic mass is 10.1. The number of nitrogens with zero attached hydrogens (tertiary/aromatic N) is 3. The zero-order valence-corrected chi connectivity index (χ0v) is 16.2. The maximum Gasteiger partial charge on any atom is 0.410 e. The molecule has 2 heterocycles. The summed E-state index contributed by atoms with van der Waals surface area (Å²) in [6, 6.07) is 5.91. The van der Waals surface area contributed by atoms with Gasteiger partial charge in [-0.15, -0.1) is 0 Å². The average Bonchev–Trinajstić information content (AvgIpc) is 3.08. The summed E-state index contributed by atoms with van der Waals surface area (Å²) in [6.07, 6.45) is 0.496. The van der Waals surface area contributed by atoms with Crippen LogP contribution in [0.15, 0.2) is 23.2 Å². The Morgan fingerprint density at radius 3 is 2.52 bits per heavy atom. The number of ether oxygens (including phenoxy) is 3. The number of aliphatic imine (C=N–C) groups is 1. The van der Waals surface area contributed by atoms with Crippen molar-refractivity contribution in [2.45, 2.75) is 32.8 Å². The molecule has 27 heavy (non-hydrogen) atoms. The van der Waals surface area contributed by atoms with Crippen molar-refractivity contribution in [2.75, 3.05) is 39.5 Å². The largest absolute Gasteiger partial charge is 0.454 e. The standard InChI is InChI=1S/C19H28N4O4/c1-19(2,3)27-18(24)23-10-8-22(9-11-23)17(20)21-7-6-14-4-5-15-16(12-14)26-13-25-15/h4-5,12H,6-11,13H2,1-3H3,(H2,20,21). The van der Waals surface area contributed by atoms with E-state index in [2.05, 4.69) is 4.99 Å². The molecule has 2 N–H and O–H groups in total. The Bertz CT molecular complexity index is 706. The van der Waals surface area contributed by atoms with Gasteiger partial charge in [-0.25, -0.2) is 4.79 Å². The van der Waals surface area contributed by atoms with E-state index in [0.717, 1.165) is 23.5 Å². The second-order valence-corrected chi connectivity index (χ2v) is 7.63. The fourth-order valence-corrected chi connectivity index (χ4v) is 2.94. The molecule has 1 aromatic carbocycles. The molecular formula is C19H28N4O4. The van der Waals surface area contributed by atoms with Gasteiger partial charge in [-0.1, -0.05) is 6.07 Å². The minimum atomic E-state index is -0.483. The number of carbonyl (C=O) groups is 1. The fraction of sp³-hybridized carbons (Fsp3) is 0.579. The van der Waals surface area contributed by atoms with Crippen LogP contribution in [0.25, 0.3) is 0 Å². The quantitative estimate of drug-likeness (QED) is 0.639. The zero-order chi connectivity index (χ0) is 19.4. The summed E-state index contributed by atoms with van der Waals surface area (Å²) in [4.78, 5) is 20.3. The van der Waals surface area contributed by atoms with Gasteiger partial charge in [0.1, 0.15) is 5.60 Å². The summed E-state index contributed by atoms with van der Waals surface area (Å²) >= 11 is 0. The van der Waals surface area contributed by atoms with Crippen molar-refractivity contribution < 1.29 is 19.0 Å². The third kappa shape index (κ3) is 5.18. The minimum Gasteiger partial charge on any atom is -0.454 e. The molecule has 0 unspecified atom stereocenters. The molecule has 1 aromatic rings. The van der Waals surface area contributed by atoms with E-state index in [0.29, 0.717) is 38.7 Å². The lowest BCUT2D eigenvalue weighted by Crippen LogP contribution is -2.53. The van der Waals surface area contributed by atoms with Crippen molar-refractivity contribution in [1.29, 1.82) is 0 Å². The van der Waals surface area contributed by atoms with Gasteiger partial charge in [0.05, 0.1) is 0 Å². The molecule has 0 saturated carbocycles. The highest BCUT2D eigenvalue weighted by atomic mass is 16.7. The fourth-order valence-electron chi connectivity index (χ4n) is 2.94. The number of carbonyl (C=O) groups excluding carboxylic acids is 1. The lowest BCUT2D eigenvalue weighted by molar-refractivity contribution is 0.0186. The highest BCUT2D eigenvalue weighted by Crippen LogP contribution is 2.32. The van der Waals surface area contributed by atoms with Gasteiger partial charge in [-0.2, -0.15) is 0 Å². The van der Waals surface area contributed by atoms with Crippen LogP contribution in [-0.2, 0) is 11.2 Å². The molecule has 1 saturated heterocycles. The molecule has 0 aliphatic carbocycles. The van der Waals surface area contributed by atoms with Gasteiger partial charge in [0.2, 0.25) is 6.79 Å². The third-order valence-electron chi connectivity index (χ3n) is 4.37. The Morgan fingerprint density at radius 2 is 1.81 bits per heavy atom. The first-order chi connectivity index (χ1) is 12.8. The van der Waals surface area contributed by atoms with Gasteiger partial charge in [0.25, 0.3) is 0 Å². The van der Waals surface area contributed by atoms with Crippen molar-refractivity contribution in [1.82, 2.24) is 9.80 Å². The van der Waals surface area contributed by atoms with E-state index in [9.17, 15) is 4.79 Å². The molecule has 3 rings (SSSR count). The third-order valence-corrected chi connectivity index (χ3v) is 4.37. The summed E-state index contributed by atoms with van der Waals surface area (Å²) in [5.74, 6) is 2.08. The molecule has 2 aliphatic rings. The second kappa shape index (κ2) is 7.94. The Balaban J connectivity index is 1.45. The molecule has 1 fully saturated rings. The van der Waals surface area contributed by atoms with Crippen molar-refractivity contribution in [2.24, 2.45) is 10.7 Å². The summed E-state index contributed by atoms with van der Waals surface area (Å²) in [7, 11) is 0. The van der Waals surface area contributed by atoms with Crippen molar-refractivity contribution in [3.05, 3.63) is 23.8 Å². The van der Waals surface area contributed by atoms with E-state index in [4.69, 9.17) is 19.9 Å². The van der Waals surface area contributed by atoms with Crippen LogP contribution in [0.2, 0.25) is 0 Å². The van der Waals surface area contributed by atoms with Gasteiger partial charge in [-0.05, 0) is 44.9 Å². The first-order valence-electron chi connectivity index (χ1n) is 9.23. The summed E-state index contributed by atoms with van der Waals surface area (Å²) in [5, 5.41) is 0. The van der Waals surface area contributed by atoms with Crippen molar-refractivity contribution in [3.63, 3.8) is 0 Å². The summed E-state index contributed by atoms with van der Waals surface area (Å²) < 4.78 is 16.1. The molecular weight excluding hydrogens is 348 g/mol. The normalized spacial score (nSPS) is 17.2.